The molecule has 0 fully saturated rings. The van der Waals surface area contributed by atoms with E-state index in [1.165, 1.54) is 0 Å². The molecule has 1 amide bonds. The summed E-state index contributed by atoms with van der Waals surface area (Å²) in [6.45, 7) is 0.0543. The van der Waals surface area contributed by atoms with Gasteiger partial charge in [0.15, 0.2) is 6.10 Å². The number of aromatic amines is 1. The Balaban J connectivity index is 1.97. The Morgan fingerprint density at radius 3 is 2.86 bits per heavy atom. The summed E-state index contributed by atoms with van der Waals surface area (Å²) >= 11 is 0. The molecular weight excluding hydrogens is 278 g/mol. The van der Waals surface area contributed by atoms with E-state index in [-0.39, 0.29) is 18.9 Å². The SMILES string of the molecule is O=C(NCCC(O)C(=O)O)c1cccc(-c2nn[nH]n2)c1. The fourth-order valence-electron chi connectivity index (χ4n) is 1.63. The van der Waals surface area contributed by atoms with Crippen LogP contribution in [0.5, 0.6) is 0 Å². The number of carboxylic acids is 1. The molecule has 21 heavy (non-hydrogen) atoms. The Morgan fingerprint density at radius 2 is 2.19 bits per heavy atom. The Hall–Kier alpha value is -2.81. The van der Waals surface area contributed by atoms with Gasteiger partial charge in [-0.1, -0.05) is 12.1 Å². The molecule has 4 N–H and O–H groups in total. The summed E-state index contributed by atoms with van der Waals surface area (Å²) in [6, 6.07) is 6.60. The first-order valence-corrected chi connectivity index (χ1v) is 6.11. The van der Waals surface area contributed by atoms with Crippen LogP contribution in [0, 0.1) is 0 Å². The van der Waals surface area contributed by atoms with Gasteiger partial charge in [-0.3, -0.25) is 4.79 Å². The summed E-state index contributed by atoms with van der Waals surface area (Å²) in [5, 5.41) is 33.5. The Bertz CT molecular complexity index is 628. The van der Waals surface area contributed by atoms with Gasteiger partial charge in [-0.05, 0) is 17.3 Å². The number of aliphatic carboxylic acids is 1. The smallest absolute Gasteiger partial charge is 0.332 e. The highest BCUT2D eigenvalue weighted by Gasteiger charge is 2.14. The van der Waals surface area contributed by atoms with Crippen molar-refractivity contribution in [2.24, 2.45) is 0 Å². The van der Waals surface area contributed by atoms with Crippen molar-refractivity contribution in [3.05, 3.63) is 29.8 Å². The molecule has 0 saturated heterocycles. The van der Waals surface area contributed by atoms with Crippen molar-refractivity contribution in [3.8, 4) is 11.4 Å². The zero-order valence-corrected chi connectivity index (χ0v) is 10.9. The average Bonchev–Trinajstić information content (AvgIpc) is 3.01. The van der Waals surface area contributed by atoms with Gasteiger partial charge in [0.25, 0.3) is 5.91 Å². The number of tetrazole rings is 1. The molecule has 1 aromatic carbocycles. The van der Waals surface area contributed by atoms with Gasteiger partial charge in [-0.15, -0.1) is 10.2 Å². The van der Waals surface area contributed by atoms with Gasteiger partial charge in [0, 0.05) is 24.1 Å². The predicted molar refractivity (Wildman–Crippen MR) is 70.2 cm³/mol. The minimum Gasteiger partial charge on any atom is -0.479 e. The van der Waals surface area contributed by atoms with Crippen LogP contribution >= 0.6 is 0 Å². The number of amides is 1. The van der Waals surface area contributed by atoms with E-state index in [1.54, 1.807) is 24.3 Å². The normalized spacial score (nSPS) is 11.9. The third-order valence-electron chi connectivity index (χ3n) is 2.72. The number of aliphatic hydroxyl groups is 1. The van der Waals surface area contributed by atoms with Crippen molar-refractivity contribution in [2.75, 3.05) is 6.54 Å². The lowest BCUT2D eigenvalue weighted by molar-refractivity contribution is -0.146. The molecule has 2 rings (SSSR count). The number of nitrogens with zero attached hydrogens (tertiary/aromatic N) is 3. The Labute approximate surface area is 119 Å². The Kier molecular flexibility index (Phi) is 4.57. The molecule has 0 aliphatic carbocycles. The van der Waals surface area contributed by atoms with Crippen molar-refractivity contribution >= 4 is 11.9 Å². The second-order valence-electron chi connectivity index (χ2n) is 4.21. The van der Waals surface area contributed by atoms with E-state index >= 15 is 0 Å². The van der Waals surface area contributed by atoms with Crippen LogP contribution in [0.3, 0.4) is 0 Å². The summed E-state index contributed by atoms with van der Waals surface area (Å²) in [5.74, 6) is -1.33. The molecule has 1 heterocycles. The van der Waals surface area contributed by atoms with Crippen molar-refractivity contribution in [2.45, 2.75) is 12.5 Å². The highest BCUT2D eigenvalue weighted by molar-refractivity contribution is 5.95. The number of carbonyl (C=O) groups excluding carboxylic acids is 1. The quantitative estimate of drug-likeness (QED) is 0.558. The molecule has 1 aromatic heterocycles. The molecule has 1 atom stereocenters. The van der Waals surface area contributed by atoms with Crippen LogP contribution in [-0.2, 0) is 4.79 Å². The molecule has 0 saturated carbocycles. The summed E-state index contributed by atoms with van der Waals surface area (Å²) in [4.78, 5) is 22.3. The molecule has 0 bridgehead atoms. The third-order valence-corrected chi connectivity index (χ3v) is 2.72. The number of carbonyl (C=O) groups is 2. The monoisotopic (exact) mass is 291 g/mol. The van der Waals surface area contributed by atoms with Gasteiger partial charge in [0.2, 0.25) is 5.82 Å². The van der Waals surface area contributed by atoms with Gasteiger partial charge in [-0.25, -0.2) is 4.79 Å². The fourth-order valence-corrected chi connectivity index (χ4v) is 1.63. The topological polar surface area (TPSA) is 141 Å². The molecule has 9 heteroatoms. The summed E-state index contributed by atoms with van der Waals surface area (Å²) in [5.41, 5.74) is 1.00. The molecule has 1 unspecified atom stereocenters. The van der Waals surface area contributed by atoms with Crippen molar-refractivity contribution in [3.63, 3.8) is 0 Å². The first-order valence-electron chi connectivity index (χ1n) is 6.11. The number of H-pyrrole nitrogens is 1. The third kappa shape index (κ3) is 3.83. The van der Waals surface area contributed by atoms with E-state index in [4.69, 9.17) is 10.2 Å². The lowest BCUT2D eigenvalue weighted by Crippen LogP contribution is -2.30. The second-order valence-corrected chi connectivity index (χ2v) is 4.21. The van der Waals surface area contributed by atoms with E-state index in [9.17, 15) is 9.59 Å². The van der Waals surface area contributed by atoms with Crippen LogP contribution in [0.4, 0.5) is 0 Å². The van der Waals surface area contributed by atoms with Crippen LogP contribution < -0.4 is 5.32 Å². The van der Waals surface area contributed by atoms with Crippen molar-refractivity contribution < 1.29 is 19.8 Å². The average molecular weight is 291 g/mol. The molecule has 9 nitrogen and oxygen atoms in total. The maximum atomic E-state index is 11.9. The predicted octanol–water partition coefficient (Wildman–Crippen LogP) is -0.568. The van der Waals surface area contributed by atoms with Gasteiger partial charge in [-0.2, -0.15) is 5.21 Å². The first-order chi connectivity index (χ1) is 10.1. The zero-order valence-electron chi connectivity index (χ0n) is 10.9. The molecular formula is C12H13N5O4. The van der Waals surface area contributed by atoms with Gasteiger partial charge < -0.3 is 15.5 Å². The van der Waals surface area contributed by atoms with Crippen LogP contribution in [-0.4, -0.2) is 55.4 Å². The Morgan fingerprint density at radius 1 is 1.38 bits per heavy atom. The van der Waals surface area contributed by atoms with E-state index in [1.807, 2.05) is 0 Å². The van der Waals surface area contributed by atoms with Crippen LogP contribution in [0.15, 0.2) is 24.3 Å². The van der Waals surface area contributed by atoms with Crippen LogP contribution in [0.2, 0.25) is 0 Å². The standard InChI is InChI=1S/C12H13N5O4/c18-9(12(20)21)4-5-13-11(19)8-3-1-2-7(6-8)10-14-16-17-15-10/h1-3,6,9,18H,4-5H2,(H,13,19)(H,20,21)(H,14,15,16,17). The molecule has 2 aromatic rings. The van der Waals surface area contributed by atoms with E-state index < -0.39 is 12.1 Å². The minimum atomic E-state index is -1.49. The van der Waals surface area contributed by atoms with E-state index in [2.05, 4.69) is 25.9 Å². The van der Waals surface area contributed by atoms with Crippen LogP contribution in [0.1, 0.15) is 16.8 Å². The molecule has 0 radical (unpaired) electrons. The van der Waals surface area contributed by atoms with Gasteiger partial charge in [0.1, 0.15) is 0 Å². The first kappa shape index (κ1) is 14.6. The summed E-state index contributed by atoms with van der Waals surface area (Å²) in [7, 11) is 0. The number of carboxylic acid groups (broad SMARTS) is 1. The molecule has 0 aliphatic heterocycles. The maximum absolute atomic E-state index is 11.9. The molecule has 0 spiro atoms. The number of hydrogen-bond acceptors (Lipinski definition) is 6. The number of aliphatic hydroxyl groups excluding tert-OH is 1. The number of nitrogens with one attached hydrogen (secondary N) is 2. The molecule has 0 aliphatic rings. The number of rotatable bonds is 6. The lowest BCUT2D eigenvalue weighted by Gasteiger charge is -2.07. The van der Waals surface area contributed by atoms with Crippen molar-refractivity contribution in [1.82, 2.24) is 25.9 Å². The van der Waals surface area contributed by atoms with E-state index in [0.29, 0.717) is 17.0 Å². The number of benzene rings is 1. The minimum absolute atomic E-state index is 0.0543. The van der Waals surface area contributed by atoms with Gasteiger partial charge >= 0.3 is 5.97 Å². The maximum Gasteiger partial charge on any atom is 0.332 e. The highest BCUT2D eigenvalue weighted by atomic mass is 16.4. The summed E-state index contributed by atoms with van der Waals surface area (Å²) in [6.07, 6.45) is -1.55. The summed E-state index contributed by atoms with van der Waals surface area (Å²) < 4.78 is 0. The van der Waals surface area contributed by atoms with E-state index in [0.717, 1.165) is 0 Å². The second kappa shape index (κ2) is 6.57. The largest absolute Gasteiger partial charge is 0.479 e. The van der Waals surface area contributed by atoms with Crippen LogP contribution in [0.25, 0.3) is 11.4 Å². The highest BCUT2D eigenvalue weighted by Crippen LogP contribution is 2.14. The lowest BCUT2D eigenvalue weighted by atomic mass is 10.1. The fraction of sp³-hybridized carbons (Fsp3) is 0.250. The van der Waals surface area contributed by atoms with Crippen molar-refractivity contribution in [1.29, 1.82) is 0 Å². The zero-order chi connectivity index (χ0) is 15.2. The molecule has 110 valence electrons. The number of hydrogen-bond donors (Lipinski definition) is 4. The van der Waals surface area contributed by atoms with Gasteiger partial charge in [0.05, 0.1) is 0 Å². The number of aromatic nitrogens is 4.